The van der Waals surface area contributed by atoms with Crippen molar-refractivity contribution in [2.75, 3.05) is 53.3 Å². The van der Waals surface area contributed by atoms with Crippen LogP contribution >= 0.6 is 0 Å². The molecule has 0 spiro atoms. The van der Waals surface area contributed by atoms with Crippen LogP contribution in [0.1, 0.15) is 129 Å². The molecule has 11 atom stereocenters. The molecule has 4 aromatic rings. The molecule has 1 saturated heterocycles. The predicted octanol–water partition coefficient (Wildman–Crippen LogP) is 7.59. The van der Waals surface area contributed by atoms with E-state index >= 15 is 0 Å². The molecule has 6 rings (SSSR count). The number of anilines is 1. The molecule has 0 saturated carbocycles. The van der Waals surface area contributed by atoms with E-state index in [1.807, 2.05) is 68.4 Å². The summed E-state index contributed by atoms with van der Waals surface area (Å²) in [4.78, 5) is 141. The molecule has 0 aromatic heterocycles. The first-order valence-corrected chi connectivity index (χ1v) is 33.9. The number of urea groups is 1. The van der Waals surface area contributed by atoms with E-state index in [2.05, 4.69) is 31.9 Å². The van der Waals surface area contributed by atoms with Crippen molar-refractivity contribution >= 4 is 65.3 Å². The summed E-state index contributed by atoms with van der Waals surface area (Å²) in [6.07, 6.45) is -1.19. The number of nitrogens with two attached hydrogens (primary N) is 1. The van der Waals surface area contributed by atoms with Crippen molar-refractivity contribution in [3.05, 3.63) is 125 Å². The van der Waals surface area contributed by atoms with Gasteiger partial charge in [-0.2, -0.15) is 0 Å². The van der Waals surface area contributed by atoms with E-state index in [0.29, 0.717) is 37.1 Å². The number of hydrogen-bond acceptors (Lipinski definition) is 14. The summed E-state index contributed by atoms with van der Waals surface area (Å²) in [5.74, 6) is -6.82. The minimum absolute atomic E-state index is 0.0281. The molecule has 4 aromatic carbocycles. The molecule has 98 heavy (non-hydrogen) atoms. The van der Waals surface area contributed by atoms with E-state index in [1.54, 1.807) is 109 Å². The van der Waals surface area contributed by atoms with Gasteiger partial charge in [-0.25, -0.2) is 19.2 Å². The number of aliphatic carboxylic acids is 1. The Morgan fingerprint density at radius 3 is 1.82 bits per heavy atom. The topological polar surface area (TPSA) is 336 Å². The number of ether oxygens (including phenoxy) is 4. The van der Waals surface area contributed by atoms with Gasteiger partial charge in [0.25, 0.3) is 0 Å². The lowest BCUT2D eigenvalue weighted by Crippen LogP contribution is -2.60. The van der Waals surface area contributed by atoms with E-state index in [1.165, 1.54) is 31.1 Å². The lowest BCUT2D eigenvalue weighted by atomic mass is 9.89. The maximum atomic E-state index is 14.8. The maximum Gasteiger partial charge on any atom is 0.410 e. The zero-order valence-corrected chi connectivity index (χ0v) is 58.8. The zero-order valence-electron chi connectivity index (χ0n) is 58.8. The third kappa shape index (κ3) is 20.7. The van der Waals surface area contributed by atoms with Gasteiger partial charge in [-0.1, -0.05) is 160 Å². The van der Waals surface area contributed by atoms with Crippen molar-refractivity contribution in [1.82, 2.24) is 41.3 Å². The average Bonchev–Trinajstić information content (AvgIpc) is 1.58. The lowest BCUT2D eigenvalue weighted by Gasteiger charge is -2.41. The van der Waals surface area contributed by atoms with Crippen molar-refractivity contribution in [1.29, 1.82) is 0 Å². The lowest BCUT2D eigenvalue weighted by molar-refractivity contribution is -0.148. The summed E-state index contributed by atoms with van der Waals surface area (Å²) in [5, 5.41) is 26.4. The summed E-state index contributed by atoms with van der Waals surface area (Å²) in [6.45, 7) is 16.5. The van der Waals surface area contributed by atoms with Crippen molar-refractivity contribution in [3.8, 4) is 11.1 Å². The molecule has 10 amide bonds. The number of primary amides is 1. The van der Waals surface area contributed by atoms with Gasteiger partial charge < -0.3 is 71.5 Å². The van der Waals surface area contributed by atoms with Crippen LogP contribution in [-0.2, 0) is 65.5 Å². The summed E-state index contributed by atoms with van der Waals surface area (Å²) < 4.78 is 23.5. The Bertz CT molecular complexity index is 3320. The van der Waals surface area contributed by atoms with Crippen molar-refractivity contribution < 1.29 is 72.0 Å². The standard InChI is InChI=1S/C73H102N10O15/c1-14-45(8)63(58(95-12)39-59(84)83-37-23-31-57(83)64(96-13)46(9)65(85)78-56(70(90)91)38-47-24-16-15-17-25-47)81(10)69(89)61(43(4)5)79-68(88)62(44(6)7)82(11)73(94)98-40-48-32-34-49(35-33-48)76-66(86)55(30-22-36-75-71(74)92)77-67(87)60(42(2)3)80-72(93)97-41-54-52-28-20-18-26-50(52)51-27-19-21-29-53(51)54/h15-21,24-29,32-35,42-46,54-58,60-64H,14,22-23,30-31,36-41H2,1-13H3,(H,76,86)(H,77,87)(H,78,85)(H,79,88)(H,80,93)(H,90,91)(H3,74,75,92)/t45?,46-,55+,56+,57+,58?,60+,61+,62+,63+,64-/m1/s1. The fraction of sp³-hybridized carbons (Fsp3) is 0.534. The third-order valence-electron chi connectivity index (χ3n) is 18.7. The first-order chi connectivity index (χ1) is 46.6. The summed E-state index contributed by atoms with van der Waals surface area (Å²) in [6, 6.07) is 23.7. The van der Waals surface area contributed by atoms with Gasteiger partial charge in [0.2, 0.25) is 35.4 Å². The highest BCUT2D eigenvalue weighted by Crippen LogP contribution is 2.44. The summed E-state index contributed by atoms with van der Waals surface area (Å²) in [5.41, 5.74) is 11.1. The highest BCUT2D eigenvalue weighted by molar-refractivity contribution is 5.98. The van der Waals surface area contributed by atoms with E-state index in [0.717, 1.165) is 27.8 Å². The molecule has 1 heterocycles. The summed E-state index contributed by atoms with van der Waals surface area (Å²) in [7, 11) is 5.99. The van der Waals surface area contributed by atoms with Gasteiger partial charge in [0.1, 0.15) is 43.4 Å². The number of carboxylic acid groups (broad SMARTS) is 1. The molecular formula is C73H102N10O15. The van der Waals surface area contributed by atoms with E-state index in [9.17, 15) is 53.1 Å². The van der Waals surface area contributed by atoms with Crippen LogP contribution in [0, 0.1) is 29.6 Å². The van der Waals surface area contributed by atoms with Gasteiger partial charge in [-0.3, -0.25) is 33.7 Å². The predicted molar refractivity (Wildman–Crippen MR) is 370 cm³/mol. The molecule has 2 unspecified atom stereocenters. The van der Waals surface area contributed by atoms with E-state index < -0.39 is 132 Å². The van der Waals surface area contributed by atoms with E-state index in [4.69, 9.17) is 24.7 Å². The number of methoxy groups -OCH3 is 2. The number of nitrogens with zero attached hydrogens (tertiary/aromatic N) is 3. The highest BCUT2D eigenvalue weighted by atomic mass is 16.6. The van der Waals surface area contributed by atoms with Crippen LogP contribution in [0.4, 0.5) is 20.1 Å². The van der Waals surface area contributed by atoms with Crippen LogP contribution in [0.5, 0.6) is 0 Å². The first-order valence-electron chi connectivity index (χ1n) is 33.9. The van der Waals surface area contributed by atoms with Crippen LogP contribution in [0.15, 0.2) is 103 Å². The fourth-order valence-electron chi connectivity index (χ4n) is 13.2. The highest BCUT2D eigenvalue weighted by Gasteiger charge is 2.44. The minimum atomic E-state index is -1.19. The number of likely N-dealkylation sites (tertiary alicyclic amines) is 1. The number of carboxylic acids is 1. The second-order valence-electron chi connectivity index (χ2n) is 26.6. The molecule has 2 aliphatic rings. The van der Waals surface area contributed by atoms with Crippen LogP contribution in [0.3, 0.4) is 0 Å². The molecule has 9 N–H and O–H groups in total. The molecular weight excluding hydrogens is 1260 g/mol. The van der Waals surface area contributed by atoms with Gasteiger partial charge in [0, 0.05) is 59.4 Å². The molecule has 0 radical (unpaired) electrons. The molecule has 1 fully saturated rings. The van der Waals surface area contributed by atoms with E-state index in [-0.39, 0.29) is 63.2 Å². The monoisotopic (exact) mass is 1360 g/mol. The molecule has 534 valence electrons. The second kappa shape index (κ2) is 37.0. The minimum Gasteiger partial charge on any atom is -0.480 e. The van der Waals surface area contributed by atoms with Crippen LogP contribution in [-0.4, -0.2) is 182 Å². The van der Waals surface area contributed by atoms with Crippen LogP contribution in [0.2, 0.25) is 0 Å². The van der Waals surface area contributed by atoms with Crippen molar-refractivity contribution in [2.24, 2.45) is 35.3 Å². The number of likely N-dealkylation sites (N-methyl/N-ethyl adjacent to an activating group) is 2. The molecule has 0 bridgehead atoms. The number of benzene rings is 4. The largest absolute Gasteiger partial charge is 0.480 e. The Labute approximate surface area is 575 Å². The maximum absolute atomic E-state index is 14.8. The molecule has 1 aliphatic carbocycles. The van der Waals surface area contributed by atoms with Gasteiger partial charge in [0.05, 0.1) is 36.6 Å². The Morgan fingerprint density at radius 1 is 0.653 bits per heavy atom. The fourth-order valence-corrected chi connectivity index (χ4v) is 13.2. The molecule has 1 aliphatic heterocycles. The van der Waals surface area contributed by atoms with Gasteiger partial charge in [-0.15, -0.1) is 0 Å². The first kappa shape index (κ1) is 77.9. The number of rotatable bonds is 35. The van der Waals surface area contributed by atoms with Gasteiger partial charge >= 0.3 is 24.2 Å². The number of nitrogens with one attached hydrogen (secondary N) is 6. The van der Waals surface area contributed by atoms with Gasteiger partial charge in [0.15, 0.2) is 0 Å². The Kier molecular flexibility index (Phi) is 29.4. The quantitative estimate of drug-likeness (QED) is 0.0206. The number of carbonyl (C=O) groups excluding carboxylic acids is 9. The molecule has 25 heteroatoms. The number of alkyl carbamates (subject to hydrolysis) is 1. The number of amides is 10. The van der Waals surface area contributed by atoms with Crippen molar-refractivity contribution in [2.45, 2.75) is 174 Å². The molecule has 25 nitrogen and oxygen atoms in total. The Balaban J connectivity index is 1.04. The number of fused-ring (bicyclic) bond motifs is 3. The van der Waals surface area contributed by atoms with Crippen molar-refractivity contribution in [3.63, 3.8) is 0 Å². The zero-order chi connectivity index (χ0) is 72.1. The number of hydrogen-bond donors (Lipinski definition) is 8. The van der Waals surface area contributed by atoms with Crippen LogP contribution < -0.4 is 37.6 Å². The van der Waals surface area contributed by atoms with Crippen LogP contribution in [0.25, 0.3) is 11.1 Å². The third-order valence-corrected chi connectivity index (χ3v) is 18.7. The average molecular weight is 1360 g/mol. The Morgan fingerprint density at radius 2 is 1.26 bits per heavy atom. The summed E-state index contributed by atoms with van der Waals surface area (Å²) >= 11 is 0. The number of carbonyl (C=O) groups is 10. The smallest absolute Gasteiger partial charge is 0.410 e. The Hall–Kier alpha value is -9.10. The second-order valence-corrected chi connectivity index (χ2v) is 26.6. The normalized spacial score (nSPS) is 16.5. The SMILES string of the molecule is CCC(C)[C@@H](C(CC(=O)N1CCC[C@H]1[C@H](OC)[C@@H](C)C(=O)N[C@@H](Cc1ccccc1)C(=O)O)OC)N(C)C(=O)[C@@H](NC(=O)[C@H](C(C)C)N(C)C(=O)OCc1ccc(NC(=O)[C@H](CCCNC(N)=O)NC(=O)[C@@H](NC(=O)OCC2c3ccccc3-c3ccccc32)C(C)C)cc1)C(C)C. The van der Waals surface area contributed by atoms with Gasteiger partial charge in [-0.05, 0) is 94.9 Å².